The SMILES string of the molecule is Cc1cccc2nc(C(COC(C)(C)C)Nc3ncnc4[nH]cnc34)n(-c3ccccc3)c(=O)c12. The van der Waals surface area contributed by atoms with Crippen LogP contribution >= 0.6 is 0 Å². The van der Waals surface area contributed by atoms with Crippen molar-refractivity contribution in [3.05, 3.63) is 82.9 Å². The molecule has 35 heavy (non-hydrogen) atoms. The molecule has 5 rings (SSSR count). The fourth-order valence-corrected chi connectivity index (χ4v) is 4.02. The zero-order valence-electron chi connectivity index (χ0n) is 20.1. The quantitative estimate of drug-likeness (QED) is 0.381. The smallest absolute Gasteiger partial charge is 0.266 e. The van der Waals surface area contributed by atoms with E-state index < -0.39 is 11.6 Å². The molecule has 178 valence electrons. The molecule has 9 nitrogen and oxygen atoms in total. The summed E-state index contributed by atoms with van der Waals surface area (Å²) < 4.78 is 7.84. The molecule has 1 unspecified atom stereocenters. The highest BCUT2D eigenvalue weighted by atomic mass is 16.5. The minimum absolute atomic E-state index is 0.135. The number of nitrogens with one attached hydrogen (secondary N) is 2. The molecule has 0 bridgehead atoms. The Morgan fingerprint density at radius 2 is 1.86 bits per heavy atom. The molecule has 0 aliphatic rings. The van der Waals surface area contributed by atoms with Gasteiger partial charge in [-0.3, -0.25) is 9.36 Å². The van der Waals surface area contributed by atoms with Crippen LogP contribution in [0.4, 0.5) is 5.82 Å². The summed E-state index contributed by atoms with van der Waals surface area (Å²) in [7, 11) is 0. The number of imidazole rings is 1. The van der Waals surface area contributed by atoms with E-state index in [2.05, 4.69) is 25.3 Å². The van der Waals surface area contributed by atoms with Gasteiger partial charge in [0.1, 0.15) is 23.7 Å². The molecule has 5 aromatic rings. The third kappa shape index (κ3) is 4.50. The molecule has 0 fully saturated rings. The average Bonchev–Trinajstić information content (AvgIpc) is 3.31. The molecule has 0 saturated carbocycles. The van der Waals surface area contributed by atoms with Gasteiger partial charge in [0.2, 0.25) is 0 Å². The molecule has 0 spiro atoms. The standard InChI is InChI=1S/C26H27N7O2/c1-16-9-8-12-18-20(16)25(34)33(17-10-6-5-7-11-17)24(32-18)19(13-35-26(2,3)4)31-23-21-22(28-14-27-21)29-15-30-23/h5-12,14-15,19H,13H2,1-4H3,(H2,27,28,29,30,31). The van der Waals surface area contributed by atoms with Crippen molar-refractivity contribution in [3.63, 3.8) is 0 Å². The van der Waals surface area contributed by atoms with Gasteiger partial charge >= 0.3 is 0 Å². The predicted molar refractivity (Wildman–Crippen MR) is 136 cm³/mol. The maximum atomic E-state index is 13.9. The van der Waals surface area contributed by atoms with Crippen LogP contribution in [0, 0.1) is 6.92 Å². The lowest BCUT2D eigenvalue weighted by Crippen LogP contribution is -2.33. The second kappa shape index (κ2) is 8.92. The summed E-state index contributed by atoms with van der Waals surface area (Å²) in [5, 5.41) is 4.02. The molecule has 2 N–H and O–H groups in total. The van der Waals surface area contributed by atoms with Crippen LogP contribution in [0.15, 0.2) is 66.0 Å². The van der Waals surface area contributed by atoms with E-state index in [1.54, 1.807) is 10.9 Å². The molecule has 3 aromatic heterocycles. The summed E-state index contributed by atoms with van der Waals surface area (Å²) in [6.45, 7) is 8.14. The van der Waals surface area contributed by atoms with Gasteiger partial charge in [0.15, 0.2) is 11.5 Å². The van der Waals surface area contributed by atoms with E-state index in [1.165, 1.54) is 6.33 Å². The van der Waals surface area contributed by atoms with E-state index in [1.807, 2.05) is 76.2 Å². The lowest BCUT2D eigenvalue weighted by molar-refractivity contribution is -0.00893. The summed E-state index contributed by atoms with van der Waals surface area (Å²) in [4.78, 5) is 34.9. The van der Waals surface area contributed by atoms with E-state index in [4.69, 9.17) is 9.72 Å². The second-order valence-electron chi connectivity index (χ2n) is 9.36. The van der Waals surface area contributed by atoms with E-state index >= 15 is 0 Å². The first kappa shape index (κ1) is 22.7. The molecule has 2 aromatic carbocycles. The number of anilines is 1. The van der Waals surface area contributed by atoms with Crippen molar-refractivity contribution in [1.82, 2.24) is 29.5 Å². The summed E-state index contributed by atoms with van der Waals surface area (Å²) in [6.07, 6.45) is 3.04. The van der Waals surface area contributed by atoms with Crippen LogP contribution in [-0.4, -0.2) is 41.7 Å². The molecule has 0 amide bonds. The van der Waals surface area contributed by atoms with Crippen molar-refractivity contribution in [2.45, 2.75) is 39.3 Å². The number of hydrogen-bond donors (Lipinski definition) is 2. The Hall–Kier alpha value is -4.11. The first-order valence-electron chi connectivity index (χ1n) is 11.4. The number of hydrogen-bond acceptors (Lipinski definition) is 7. The Morgan fingerprint density at radius 3 is 2.63 bits per heavy atom. The van der Waals surface area contributed by atoms with Crippen LogP contribution in [0.25, 0.3) is 27.8 Å². The fraction of sp³-hybridized carbons (Fsp3) is 0.269. The normalized spacial score (nSPS) is 12.8. The number of nitrogens with zero attached hydrogens (tertiary/aromatic N) is 5. The number of H-pyrrole nitrogens is 1. The molecule has 0 aliphatic carbocycles. The largest absolute Gasteiger partial charge is 0.373 e. The number of para-hydroxylation sites is 1. The molecule has 0 saturated heterocycles. The van der Waals surface area contributed by atoms with E-state index in [0.717, 1.165) is 11.3 Å². The number of ether oxygens (including phenoxy) is 1. The third-order valence-corrected chi connectivity index (χ3v) is 5.67. The Kier molecular flexibility index (Phi) is 5.78. The molecule has 1 atom stereocenters. The van der Waals surface area contributed by atoms with Crippen molar-refractivity contribution in [2.24, 2.45) is 0 Å². The number of aryl methyl sites for hydroxylation is 1. The van der Waals surface area contributed by atoms with E-state index in [0.29, 0.717) is 33.7 Å². The van der Waals surface area contributed by atoms with Crippen molar-refractivity contribution >= 4 is 27.9 Å². The van der Waals surface area contributed by atoms with Crippen LogP contribution in [0.1, 0.15) is 38.2 Å². The summed E-state index contributed by atoms with van der Waals surface area (Å²) in [5.74, 6) is 1.04. The topological polar surface area (TPSA) is 111 Å². The predicted octanol–water partition coefficient (Wildman–Crippen LogP) is 4.33. The number of benzene rings is 2. The minimum Gasteiger partial charge on any atom is -0.373 e. The first-order chi connectivity index (χ1) is 16.8. The zero-order chi connectivity index (χ0) is 24.6. The van der Waals surface area contributed by atoms with Crippen molar-refractivity contribution in [1.29, 1.82) is 0 Å². The molecular weight excluding hydrogens is 442 g/mol. The van der Waals surface area contributed by atoms with Gasteiger partial charge in [-0.05, 0) is 51.5 Å². The van der Waals surface area contributed by atoms with E-state index in [9.17, 15) is 4.79 Å². The maximum absolute atomic E-state index is 13.9. The van der Waals surface area contributed by atoms with Crippen LogP contribution in [-0.2, 0) is 4.74 Å². The summed E-state index contributed by atoms with van der Waals surface area (Å²) >= 11 is 0. The molecule has 9 heteroatoms. The molecule has 0 aliphatic heterocycles. The van der Waals surface area contributed by atoms with Gasteiger partial charge in [0, 0.05) is 0 Å². The van der Waals surface area contributed by atoms with Crippen molar-refractivity contribution < 1.29 is 4.74 Å². The Labute approximate surface area is 202 Å². The van der Waals surface area contributed by atoms with Gasteiger partial charge in [-0.2, -0.15) is 0 Å². The highest BCUT2D eigenvalue weighted by molar-refractivity contribution is 5.83. The lowest BCUT2D eigenvalue weighted by Gasteiger charge is -2.27. The monoisotopic (exact) mass is 469 g/mol. The van der Waals surface area contributed by atoms with Gasteiger partial charge < -0.3 is 15.0 Å². The molecule has 0 radical (unpaired) electrons. The highest BCUT2D eigenvalue weighted by Crippen LogP contribution is 2.26. The number of aromatic amines is 1. The van der Waals surface area contributed by atoms with Gasteiger partial charge in [0.25, 0.3) is 5.56 Å². The molecule has 3 heterocycles. The van der Waals surface area contributed by atoms with E-state index in [-0.39, 0.29) is 12.2 Å². The number of aromatic nitrogens is 6. The van der Waals surface area contributed by atoms with Crippen LogP contribution in [0.5, 0.6) is 0 Å². The van der Waals surface area contributed by atoms with Crippen LogP contribution < -0.4 is 10.9 Å². The third-order valence-electron chi connectivity index (χ3n) is 5.67. The maximum Gasteiger partial charge on any atom is 0.266 e. The van der Waals surface area contributed by atoms with Gasteiger partial charge in [0.05, 0.1) is 35.1 Å². The van der Waals surface area contributed by atoms with Gasteiger partial charge in [-0.25, -0.2) is 19.9 Å². The van der Waals surface area contributed by atoms with Crippen LogP contribution in [0.3, 0.4) is 0 Å². The zero-order valence-corrected chi connectivity index (χ0v) is 20.1. The van der Waals surface area contributed by atoms with Crippen molar-refractivity contribution in [2.75, 3.05) is 11.9 Å². The Balaban J connectivity index is 1.74. The summed E-state index contributed by atoms with van der Waals surface area (Å²) in [6, 6.07) is 14.7. The second-order valence-corrected chi connectivity index (χ2v) is 9.36. The average molecular weight is 470 g/mol. The number of fused-ring (bicyclic) bond motifs is 2. The highest BCUT2D eigenvalue weighted by Gasteiger charge is 2.25. The van der Waals surface area contributed by atoms with Gasteiger partial charge in [-0.1, -0.05) is 30.3 Å². The molecular formula is C26H27N7O2. The van der Waals surface area contributed by atoms with Crippen molar-refractivity contribution in [3.8, 4) is 5.69 Å². The fourth-order valence-electron chi connectivity index (χ4n) is 4.02. The first-order valence-corrected chi connectivity index (χ1v) is 11.4. The lowest BCUT2D eigenvalue weighted by atomic mass is 10.1. The Bertz CT molecular complexity index is 1550. The summed E-state index contributed by atoms with van der Waals surface area (Å²) in [5.41, 5.74) is 2.90. The van der Waals surface area contributed by atoms with Gasteiger partial charge in [-0.15, -0.1) is 0 Å². The Morgan fingerprint density at radius 1 is 1.06 bits per heavy atom. The van der Waals surface area contributed by atoms with Crippen LogP contribution in [0.2, 0.25) is 0 Å². The number of rotatable bonds is 6. The minimum atomic E-state index is -0.512.